The molecule has 0 radical (unpaired) electrons. The molecule has 0 fully saturated rings. The summed E-state index contributed by atoms with van der Waals surface area (Å²) in [6, 6.07) is 0. The number of ether oxygens (including phenoxy) is 1. The fourth-order valence-electron chi connectivity index (χ4n) is 1.37. The Morgan fingerprint density at radius 2 is 2.45 bits per heavy atom. The van der Waals surface area contributed by atoms with Gasteiger partial charge in [0.2, 0.25) is 0 Å². The topological polar surface area (TPSA) is 53.1 Å². The summed E-state index contributed by atoms with van der Waals surface area (Å²) >= 11 is 0. The zero-order valence-electron chi connectivity index (χ0n) is 6.50. The van der Waals surface area contributed by atoms with Crippen LogP contribution in [0.15, 0.2) is 0 Å². The molecule has 1 aromatic rings. The minimum absolute atomic E-state index is 0.584. The maximum absolute atomic E-state index is 5.62. The van der Waals surface area contributed by atoms with E-state index in [4.69, 9.17) is 10.5 Å². The average molecular weight is 153 g/mol. The van der Waals surface area contributed by atoms with Crippen molar-refractivity contribution in [3.8, 4) is 0 Å². The molecule has 2 rings (SSSR count). The molecular formula is C7H11N3O. The molecule has 11 heavy (non-hydrogen) atoms. The molecule has 4 heteroatoms. The third kappa shape index (κ3) is 0.903. The van der Waals surface area contributed by atoms with Gasteiger partial charge in [0.15, 0.2) is 5.95 Å². The fourth-order valence-corrected chi connectivity index (χ4v) is 1.37. The van der Waals surface area contributed by atoms with Gasteiger partial charge >= 0.3 is 0 Å². The first kappa shape index (κ1) is 6.67. The van der Waals surface area contributed by atoms with Crippen molar-refractivity contribution in [2.45, 2.75) is 13.0 Å². The van der Waals surface area contributed by atoms with E-state index in [0.717, 1.165) is 18.7 Å². The van der Waals surface area contributed by atoms with Crippen LogP contribution in [-0.2, 0) is 24.8 Å². The lowest BCUT2D eigenvalue weighted by atomic mass is 10.2. The Morgan fingerprint density at radius 3 is 3.18 bits per heavy atom. The highest BCUT2D eigenvalue weighted by molar-refractivity contribution is 5.29. The van der Waals surface area contributed by atoms with Crippen LogP contribution < -0.4 is 5.73 Å². The molecule has 0 amide bonds. The summed E-state index contributed by atoms with van der Waals surface area (Å²) in [5, 5.41) is 0. The van der Waals surface area contributed by atoms with Crippen molar-refractivity contribution in [1.29, 1.82) is 0 Å². The number of nitrogens with two attached hydrogens (primary N) is 1. The van der Waals surface area contributed by atoms with Crippen molar-refractivity contribution in [3.05, 3.63) is 11.4 Å². The molecule has 1 aliphatic heterocycles. The van der Waals surface area contributed by atoms with Crippen LogP contribution in [0.4, 0.5) is 5.95 Å². The Morgan fingerprint density at radius 1 is 1.64 bits per heavy atom. The summed E-state index contributed by atoms with van der Waals surface area (Å²) in [7, 11) is 1.94. The molecule has 0 saturated carbocycles. The fraction of sp³-hybridized carbons (Fsp3) is 0.571. The van der Waals surface area contributed by atoms with Crippen molar-refractivity contribution in [2.24, 2.45) is 7.05 Å². The van der Waals surface area contributed by atoms with E-state index >= 15 is 0 Å². The van der Waals surface area contributed by atoms with Gasteiger partial charge in [-0.2, -0.15) is 0 Å². The van der Waals surface area contributed by atoms with E-state index in [1.54, 1.807) is 0 Å². The number of nitrogen functional groups attached to an aromatic ring is 1. The molecule has 0 saturated heterocycles. The molecule has 1 aliphatic rings. The summed E-state index contributed by atoms with van der Waals surface area (Å²) < 4.78 is 7.16. The van der Waals surface area contributed by atoms with Gasteiger partial charge in [0, 0.05) is 19.2 Å². The highest BCUT2D eigenvalue weighted by Crippen LogP contribution is 2.17. The molecule has 0 atom stereocenters. The maximum atomic E-state index is 5.62. The molecule has 0 spiro atoms. The Labute approximate surface area is 65.0 Å². The van der Waals surface area contributed by atoms with Crippen molar-refractivity contribution >= 4 is 5.95 Å². The smallest absolute Gasteiger partial charge is 0.200 e. The summed E-state index contributed by atoms with van der Waals surface area (Å²) in [4.78, 5) is 4.17. The highest BCUT2D eigenvalue weighted by atomic mass is 16.5. The monoisotopic (exact) mass is 153 g/mol. The Balaban J connectivity index is 2.50. The van der Waals surface area contributed by atoms with Gasteiger partial charge in [0.1, 0.15) is 0 Å². The zero-order chi connectivity index (χ0) is 7.84. The number of rotatable bonds is 0. The van der Waals surface area contributed by atoms with Crippen LogP contribution in [0.2, 0.25) is 0 Å². The first-order valence-corrected chi connectivity index (χ1v) is 3.66. The lowest BCUT2D eigenvalue weighted by molar-refractivity contribution is 0.106. The van der Waals surface area contributed by atoms with E-state index in [-0.39, 0.29) is 0 Å². The molecule has 0 unspecified atom stereocenters. The number of imidazole rings is 1. The molecule has 60 valence electrons. The molecule has 1 aromatic heterocycles. The lowest BCUT2D eigenvalue weighted by Crippen LogP contribution is -2.12. The molecule has 0 aliphatic carbocycles. The second-order valence-corrected chi connectivity index (χ2v) is 2.72. The highest BCUT2D eigenvalue weighted by Gasteiger charge is 2.16. The van der Waals surface area contributed by atoms with Gasteiger partial charge in [-0.15, -0.1) is 0 Å². The minimum atomic E-state index is 0.584. The van der Waals surface area contributed by atoms with E-state index in [9.17, 15) is 0 Å². The van der Waals surface area contributed by atoms with Crippen LogP contribution in [0, 0.1) is 0 Å². The van der Waals surface area contributed by atoms with Crippen LogP contribution in [0.3, 0.4) is 0 Å². The zero-order valence-corrected chi connectivity index (χ0v) is 6.50. The van der Waals surface area contributed by atoms with Gasteiger partial charge < -0.3 is 15.0 Å². The van der Waals surface area contributed by atoms with Crippen molar-refractivity contribution in [2.75, 3.05) is 12.3 Å². The number of hydrogen-bond donors (Lipinski definition) is 1. The van der Waals surface area contributed by atoms with Gasteiger partial charge in [-0.1, -0.05) is 0 Å². The molecule has 2 heterocycles. The van der Waals surface area contributed by atoms with Gasteiger partial charge in [0.25, 0.3) is 0 Å². The Hall–Kier alpha value is -1.03. The van der Waals surface area contributed by atoms with E-state index < -0.39 is 0 Å². The number of fused-ring (bicyclic) bond motifs is 1. The van der Waals surface area contributed by atoms with Crippen LogP contribution in [0.5, 0.6) is 0 Å². The molecule has 0 bridgehead atoms. The van der Waals surface area contributed by atoms with Crippen LogP contribution in [0.1, 0.15) is 11.4 Å². The van der Waals surface area contributed by atoms with Crippen molar-refractivity contribution in [3.63, 3.8) is 0 Å². The van der Waals surface area contributed by atoms with Gasteiger partial charge in [-0.3, -0.25) is 0 Å². The van der Waals surface area contributed by atoms with Gasteiger partial charge in [0.05, 0.1) is 18.9 Å². The average Bonchev–Trinajstić information content (AvgIpc) is 2.30. The Kier molecular flexibility index (Phi) is 1.35. The predicted molar refractivity (Wildman–Crippen MR) is 41.0 cm³/mol. The van der Waals surface area contributed by atoms with Crippen LogP contribution >= 0.6 is 0 Å². The third-order valence-corrected chi connectivity index (χ3v) is 2.05. The summed E-state index contributed by atoms with van der Waals surface area (Å²) in [5.74, 6) is 0.584. The van der Waals surface area contributed by atoms with Gasteiger partial charge in [-0.25, -0.2) is 4.98 Å². The van der Waals surface area contributed by atoms with E-state index in [2.05, 4.69) is 4.98 Å². The summed E-state index contributed by atoms with van der Waals surface area (Å²) in [5.41, 5.74) is 7.83. The van der Waals surface area contributed by atoms with Crippen molar-refractivity contribution in [1.82, 2.24) is 9.55 Å². The predicted octanol–water partition coefficient (Wildman–Crippen LogP) is 0.0750. The largest absolute Gasteiger partial charge is 0.375 e. The van der Waals surface area contributed by atoms with E-state index in [1.807, 2.05) is 11.6 Å². The molecule has 2 N–H and O–H groups in total. The first-order chi connectivity index (χ1) is 5.29. The SMILES string of the molecule is Cn1c(N)nc2c1CCOC2. The number of anilines is 1. The molecule has 0 aromatic carbocycles. The van der Waals surface area contributed by atoms with E-state index in [1.165, 1.54) is 5.69 Å². The Bertz CT molecular complexity index is 279. The van der Waals surface area contributed by atoms with Crippen LogP contribution in [-0.4, -0.2) is 16.2 Å². The van der Waals surface area contributed by atoms with E-state index in [0.29, 0.717) is 12.6 Å². The summed E-state index contributed by atoms with van der Waals surface area (Å²) in [6.45, 7) is 1.40. The molecular weight excluding hydrogens is 142 g/mol. The number of hydrogen-bond acceptors (Lipinski definition) is 3. The van der Waals surface area contributed by atoms with Gasteiger partial charge in [-0.05, 0) is 0 Å². The third-order valence-electron chi connectivity index (χ3n) is 2.05. The van der Waals surface area contributed by atoms with Crippen molar-refractivity contribution < 1.29 is 4.74 Å². The first-order valence-electron chi connectivity index (χ1n) is 3.66. The lowest BCUT2D eigenvalue weighted by Gasteiger charge is -2.11. The summed E-state index contributed by atoms with van der Waals surface area (Å²) in [6.07, 6.45) is 0.927. The second kappa shape index (κ2) is 2.23. The maximum Gasteiger partial charge on any atom is 0.200 e. The second-order valence-electron chi connectivity index (χ2n) is 2.72. The standard InChI is InChI=1S/C7H11N3O/c1-10-6-2-3-11-4-5(6)9-7(10)8/h2-4H2,1H3,(H2,8,9). The van der Waals surface area contributed by atoms with Crippen LogP contribution in [0.25, 0.3) is 0 Å². The number of aromatic nitrogens is 2. The minimum Gasteiger partial charge on any atom is -0.375 e. The molecule has 4 nitrogen and oxygen atoms in total. The number of nitrogens with zero attached hydrogens (tertiary/aromatic N) is 2. The quantitative estimate of drug-likeness (QED) is 0.574. The normalized spacial score (nSPS) is 16.5.